The molecule has 11 heteroatoms. The minimum atomic E-state index is -0.549. The number of hydrogen-bond donors (Lipinski definition) is 2. The van der Waals surface area contributed by atoms with Crippen molar-refractivity contribution in [3.05, 3.63) is 93.0 Å². The number of methoxy groups -OCH3 is 1. The van der Waals surface area contributed by atoms with E-state index in [4.69, 9.17) is 21.1 Å². The Morgan fingerprint density at radius 3 is 2.41 bits per heavy atom. The number of amides is 2. The van der Waals surface area contributed by atoms with Gasteiger partial charge in [-0.15, -0.1) is 0 Å². The Labute approximate surface area is 199 Å². The maximum atomic E-state index is 12.1. The number of rotatable bonds is 9. The van der Waals surface area contributed by atoms with Crippen LogP contribution >= 0.6 is 11.6 Å². The molecule has 0 spiro atoms. The van der Waals surface area contributed by atoms with Crippen molar-refractivity contribution in [2.45, 2.75) is 0 Å². The number of carbonyl (C=O) groups excluding carboxylic acids is 2. The third-order valence-electron chi connectivity index (χ3n) is 4.39. The second-order valence-electron chi connectivity index (χ2n) is 6.76. The minimum Gasteiger partial charge on any atom is -0.493 e. The topological polar surface area (TPSA) is 132 Å². The minimum absolute atomic E-state index is 0.114. The lowest BCUT2D eigenvalue weighted by atomic mass is 10.2. The molecule has 0 bridgehead atoms. The zero-order valence-corrected chi connectivity index (χ0v) is 18.6. The fourth-order valence-corrected chi connectivity index (χ4v) is 2.85. The van der Waals surface area contributed by atoms with E-state index in [-0.39, 0.29) is 23.8 Å². The first-order valence-corrected chi connectivity index (χ1v) is 10.2. The molecule has 0 atom stereocenters. The van der Waals surface area contributed by atoms with Gasteiger partial charge in [-0.25, -0.2) is 5.43 Å². The number of benzene rings is 3. The average Bonchev–Trinajstić information content (AvgIpc) is 2.84. The van der Waals surface area contributed by atoms with Crippen molar-refractivity contribution >= 4 is 41.0 Å². The summed E-state index contributed by atoms with van der Waals surface area (Å²) in [5, 5.41) is 17.8. The van der Waals surface area contributed by atoms with Gasteiger partial charge >= 0.3 is 0 Å². The quantitative estimate of drug-likeness (QED) is 0.269. The first-order chi connectivity index (χ1) is 16.4. The number of hydrazone groups is 1. The second kappa shape index (κ2) is 11.4. The molecule has 2 N–H and O–H groups in total. The van der Waals surface area contributed by atoms with Gasteiger partial charge in [0.05, 0.1) is 18.2 Å². The molecule has 3 rings (SSSR count). The second-order valence-corrected chi connectivity index (χ2v) is 7.19. The highest BCUT2D eigenvalue weighted by molar-refractivity contribution is 6.30. The van der Waals surface area contributed by atoms with Gasteiger partial charge in [-0.2, -0.15) is 5.10 Å². The van der Waals surface area contributed by atoms with Crippen molar-refractivity contribution in [3.63, 3.8) is 0 Å². The van der Waals surface area contributed by atoms with Gasteiger partial charge in [-0.1, -0.05) is 11.6 Å². The standard InChI is InChI=1S/C23H19ClN4O6/c1-33-21-12-15(13-25-27-23(30)16-3-9-19(10-4-16)28(31)32)2-11-20(21)34-14-22(29)26-18-7-5-17(24)6-8-18/h2-13H,14H2,1H3,(H,26,29)(H,27,30)/b25-13+. The molecular weight excluding hydrogens is 464 g/mol. The van der Waals surface area contributed by atoms with Crippen molar-refractivity contribution in [2.75, 3.05) is 19.0 Å². The van der Waals surface area contributed by atoms with Gasteiger partial charge in [0.2, 0.25) is 0 Å². The summed E-state index contributed by atoms with van der Waals surface area (Å²) in [7, 11) is 1.45. The normalized spacial score (nSPS) is 10.5. The number of carbonyl (C=O) groups is 2. The highest BCUT2D eigenvalue weighted by Crippen LogP contribution is 2.27. The van der Waals surface area contributed by atoms with Crippen LogP contribution in [0.2, 0.25) is 5.02 Å². The molecular formula is C23H19ClN4O6. The summed E-state index contributed by atoms with van der Waals surface area (Å²) in [6.07, 6.45) is 1.39. The van der Waals surface area contributed by atoms with Gasteiger partial charge < -0.3 is 14.8 Å². The van der Waals surface area contributed by atoms with Gasteiger partial charge in [0.25, 0.3) is 17.5 Å². The lowest BCUT2D eigenvalue weighted by Crippen LogP contribution is -2.20. The molecule has 0 aliphatic carbocycles. The van der Waals surface area contributed by atoms with Crippen LogP contribution in [-0.4, -0.2) is 36.7 Å². The number of hydrogen-bond acceptors (Lipinski definition) is 7. The Hall–Kier alpha value is -4.44. The summed E-state index contributed by atoms with van der Waals surface area (Å²) in [5.74, 6) is -0.167. The zero-order chi connectivity index (χ0) is 24.5. The fourth-order valence-electron chi connectivity index (χ4n) is 2.72. The lowest BCUT2D eigenvalue weighted by molar-refractivity contribution is -0.384. The van der Waals surface area contributed by atoms with Crippen molar-refractivity contribution in [2.24, 2.45) is 5.10 Å². The van der Waals surface area contributed by atoms with Crippen molar-refractivity contribution in [1.29, 1.82) is 0 Å². The summed E-state index contributed by atoms with van der Waals surface area (Å²) in [4.78, 5) is 34.3. The zero-order valence-electron chi connectivity index (χ0n) is 17.9. The molecule has 0 heterocycles. The lowest BCUT2D eigenvalue weighted by Gasteiger charge is -2.11. The number of anilines is 1. The van der Waals surface area contributed by atoms with Crippen LogP contribution in [-0.2, 0) is 4.79 Å². The Morgan fingerprint density at radius 2 is 1.76 bits per heavy atom. The number of halogens is 1. The Bertz CT molecular complexity index is 1210. The molecule has 3 aromatic rings. The van der Waals surface area contributed by atoms with E-state index < -0.39 is 10.8 Å². The van der Waals surface area contributed by atoms with Crippen LogP contribution in [0.15, 0.2) is 71.8 Å². The predicted octanol–water partition coefficient (Wildman–Crippen LogP) is 4.04. The van der Waals surface area contributed by atoms with E-state index in [1.54, 1.807) is 42.5 Å². The molecule has 0 radical (unpaired) electrons. The maximum absolute atomic E-state index is 12.1. The van der Waals surface area contributed by atoms with Gasteiger partial charge in [0.1, 0.15) is 0 Å². The van der Waals surface area contributed by atoms with Crippen LogP contribution in [0.25, 0.3) is 0 Å². The molecule has 3 aromatic carbocycles. The van der Waals surface area contributed by atoms with Crippen LogP contribution < -0.4 is 20.2 Å². The van der Waals surface area contributed by atoms with E-state index >= 15 is 0 Å². The molecule has 174 valence electrons. The highest BCUT2D eigenvalue weighted by Gasteiger charge is 2.10. The third-order valence-corrected chi connectivity index (χ3v) is 4.65. The molecule has 0 unspecified atom stereocenters. The first-order valence-electron chi connectivity index (χ1n) is 9.80. The monoisotopic (exact) mass is 482 g/mol. The van der Waals surface area contributed by atoms with Crippen LogP contribution in [0.5, 0.6) is 11.5 Å². The molecule has 0 aliphatic rings. The van der Waals surface area contributed by atoms with E-state index in [2.05, 4.69) is 15.8 Å². The summed E-state index contributed by atoms with van der Waals surface area (Å²) in [5.41, 5.74) is 3.64. The number of ether oxygens (including phenoxy) is 2. The smallest absolute Gasteiger partial charge is 0.271 e. The van der Waals surface area contributed by atoms with Gasteiger partial charge in [-0.3, -0.25) is 19.7 Å². The predicted molar refractivity (Wildman–Crippen MR) is 127 cm³/mol. The summed E-state index contributed by atoms with van der Waals surface area (Å²) >= 11 is 5.82. The first kappa shape index (κ1) is 24.2. The molecule has 0 aliphatic heterocycles. The largest absolute Gasteiger partial charge is 0.493 e. The number of nitrogens with one attached hydrogen (secondary N) is 2. The third kappa shape index (κ3) is 6.78. The Balaban J connectivity index is 1.55. The maximum Gasteiger partial charge on any atom is 0.271 e. The van der Waals surface area contributed by atoms with Crippen LogP contribution in [0.1, 0.15) is 15.9 Å². The number of nitro groups is 1. The molecule has 2 amide bonds. The van der Waals surface area contributed by atoms with E-state index in [1.165, 1.54) is 37.6 Å². The Morgan fingerprint density at radius 1 is 1.06 bits per heavy atom. The number of nitrogens with zero attached hydrogens (tertiary/aromatic N) is 2. The summed E-state index contributed by atoms with van der Waals surface area (Å²) in [6, 6.07) is 16.7. The van der Waals surface area contributed by atoms with Crippen LogP contribution in [0, 0.1) is 10.1 Å². The molecule has 34 heavy (non-hydrogen) atoms. The molecule has 10 nitrogen and oxygen atoms in total. The highest BCUT2D eigenvalue weighted by atomic mass is 35.5. The van der Waals surface area contributed by atoms with Crippen LogP contribution in [0.3, 0.4) is 0 Å². The Kier molecular flexibility index (Phi) is 8.14. The molecule has 0 fully saturated rings. The average molecular weight is 483 g/mol. The van der Waals surface area contributed by atoms with Crippen molar-refractivity contribution in [1.82, 2.24) is 5.43 Å². The van der Waals surface area contributed by atoms with Crippen LogP contribution in [0.4, 0.5) is 11.4 Å². The van der Waals surface area contributed by atoms with E-state index in [0.717, 1.165) is 0 Å². The fraction of sp³-hybridized carbons (Fsp3) is 0.0870. The van der Waals surface area contributed by atoms with Gasteiger partial charge in [0.15, 0.2) is 18.1 Å². The molecule has 0 saturated heterocycles. The summed E-state index contributed by atoms with van der Waals surface area (Å²) in [6.45, 7) is -0.238. The molecule has 0 aromatic heterocycles. The SMILES string of the molecule is COc1cc(/C=N/NC(=O)c2ccc([N+](=O)[O-])cc2)ccc1OCC(=O)Nc1ccc(Cl)cc1. The van der Waals surface area contributed by atoms with Gasteiger partial charge in [-0.05, 0) is 60.2 Å². The molecule has 0 saturated carbocycles. The van der Waals surface area contributed by atoms with E-state index in [1.807, 2.05) is 0 Å². The van der Waals surface area contributed by atoms with E-state index in [0.29, 0.717) is 27.8 Å². The van der Waals surface area contributed by atoms with Gasteiger partial charge in [0, 0.05) is 28.4 Å². The van der Waals surface area contributed by atoms with E-state index in [9.17, 15) is 19.7 Å². The van der Waals surface area contributed by atoms with Crippen molar-refractivity contribution < 1.29 is 24.0 Å². The number of non-ortho nitro benzene ring substituents is 1. The van der Waals surface area contributed by atoms with Crippen molar-refractivity contribution in [3.8, 4) is 11.5 Å². The number of nitro benzene ring substituents is 1. The summed E-state index contributed by atoms with van der Waals surface area (Å²) < 4.78 is 10.8.